The molecule has 0 saturated heterocycles. The molecule has 8 heteroatoms. The van der Waals surface area contributed by atoms with Gasteiger partial charge in [0.15, 0.2) is 0 Å². The van der Waals surface area contributed by atoms with Crippen molar-refractivity contribution in [3.8, 4) is 0 Å². The van der Waals surface area contributed by atoms with Gasteiger partial charge in [-0.25, -0.2) is 0 Å². The van der Waals surface area contributed by atoms with Gasteiger partial charge in [-0.2, -0.15) is 5.10 Å². The lowest BCUT2D eigenvalue weighted by Crippen LogP contribution is -2.27. The maximum Gasteiger partial charge on any atom is 0.270 e. The minimum atomic E-state index is -0.495. The van der Waals surface area contributed by atoms with Crippen LogP contribution in [0.4, 0.5) is 5.69 Å². The molecule has 0 bridgehead atoms. The van der Waals surface area contributed by atoms with Gasteiger partial charge >= 0.3 is 0 Å². The Bertz CT molecular complexity index is 758. The highest BCUT2D eigenvalue weighted by Gasteiger charge is 2.20. The van der Waals surface area contributed by atoms with Crippen molar-refractivity contribution in [3.63, 3.8) is 0 Å². The summed E-state index contributed by atoms with van der Waals surface area (Å²) in [7, 11) is 1.80. The molecule has 0 aliphatic heterocycles. The van der Waals surface area contributed by atoms with E-state index in [1.54, 1.807) is 24.0 Å². The first-order valence-electron chi connectivity index (χ1n) is 7.52. The molecule has 0 aliphatic carbocycles. The summed E-state index contributed by atoms with van der Waals surface area (Å²) >= 11 is 1.50. The van der Waals surface area contributed by atoms with Crippen LogP contribution in [0.3, 0.4) is 0 Å². The monoisotopic (exact) mass is 348 g/mol. The van der Waals surface area contributed by atoms with Crippen molar-refractivity contribution in [2.45, 2.75) is 37.0 Å². The van der Waals surface area contributed by atoms with Crippen molar-refractivity contribution in [2.24, 2.45) is 7.05 Å². The number of nitro benzene ring substituents is 1. The van der Waals surface area contributed by atoms with Crippen molar-refractivity contribution < 1.29 is 9.72 Å². The van der Waals surface area contributed by atoms with E-state index in [0.717, 1.165) is 10.5 Å². The number of nitrogens with one attached hydrogen (secondary N) is 1. The van der Waals surface area contributed by atoms with E-state index in [0.29, 0.717) is 5.56 Å². The molecule has 1 N–H and O–H groups in total. The third kappa shape index (κ3) is 4.35. The second-order valence-corrected chi connectivity index (χ2v) is 7.37. The maximum absolute atomic E-state index is 12.6. The molecular formula is C16H20N4O3S. The number of benzene rings is 1. The highest BCUT2D eigenvalue weighted by Crippen LogP contribution is 2.30. The zero-order valence-corrected chi connectivity index (χ0v) is 14.8. The number of nitro groups is 1. The van der Waals surface area contributed by atoms with E-state index in [2.05, 4.69) is 10.4 Å². The lowest BCUT2D eigenvalue weighted by atomic mass is 10.1. The number of hydrogen-bond acceptors (Lipinski definition) is 5. The molecule has 0 spiro atoms. The van der Waals surface area contributed by atoms with Crippen molar-refractivity contribution >= 4 is 23.4 Å². The van der Waals surface area contributed by atoms with E-state index in [9.17, 15) is 14.9 Å². The molecule has 2 aromatic rings. The number of thioether (sulfide) groups is 1. The zero-order valence-electron chi connectivity index (χ0n) is 14.0. The van der Waals surface area contributed by atoms with E-state index >= 15 is 0 Å². The number of rotatable bonds is 6. The molecule has 1 aromatic carbocycles. The van der Waals surface area contributed by atoms with Crippen LogP contribution in [-0.4, -0.2) is 25.9 Å². The van der Waals surface area contributed by atoms with Crippen LogP contribution in [0.5, 0.6) is 0 Å². The van der Waals surface area contributed by atoms with E-state index < -0.39 is 4.92 Å². The van der Waals surface area contributed by atoms with Gasteiger partial charge in [0.25, 0.3) is 11.6 Å². The van der Waals surface area contributed by atoms with Crippen molar-refractivity contribution in [1.82, 2.24) is 15.1 Å². The van der Waals surface area contributed by atoms with Crippen LogP contribution in [0, 0.1) is 10.1 Å². The van der Waals surface area contributed by atoms with Crippen LogP contribution in [0.25, 0.3) is 0 Å². The van der Waals surface area contributed by atoms with Gasteiger partial charge in [-0.3, -0.25) is 19.6 Å². The Hall–Kier alpha value is -2.35. The van der Waals surface area contributed by atoms with Crippen molar-refractivity contribution in [1.29, 1.82) is 0 Å². The van der Waals surface area contributed by atoms with E-state index in [-0.39, 0.29) is 22.9 Å². The Kier molecular flexibility index (Phi) is 5.61. The highest BCUT2D eigenvalue weighted by molar-refractivity contribution is 8.00. The van der Waals surface area contributed by atoms with Gasteiger partial charge in [-0.1, -0.05) is 13.8 Å². The summed E-state index contributed by atoms with van der Waals surface area (Å²) in [5, 5.41) is 18.2. The SMILES string of the molecule is CC(C)Sc1ccc([N+](=O)[O-])cc1C(=O)N[C@H](C)c1cnn(C)c1. The summed E-state index contributed by atoms with van der Waals surface area (Å²) in [4.78, 5) is 23.9. The molecule has 0 fully saturated rings. The van der Waals surface area contributed by atoms with Gasteiger partial charge in [-0.05, 0) is 13.0 Å². The predicted molar refractivity (Wildman–Crippen MR) is 93.2 cm³/mol. The van der Waals surface area contributed by atoms with E-state index in [4.69, 9.17) is 0 Å². The Morgan fingerprint density at radius 1 is 1.38 bits per heavy atom. The van der Waals surface area contributed by atoms with Crippen molar-refractivity contribution in [2.75, 3.05) is 0 Å². The first kappa shape index (κ1) is 18.0. The minimum Gasteiger partial charge on any atom is -0.345 e. The number of amides is 1. The van der Waals surface area contributed by atoms with Crippen LogP contribution >= 0.6 is 11.8 Å². The molecule has 0 saturated carbocycles. The maximum atomic E-state index is 12.6. The summed E-state index contributed by atoms with van der Waals surface area (Å²) in [5.74, 6) is -0.335. The smallest absolute Gasteiger partial charge is 0.270 e. The van der Waals surface area contributed by atoms with Crippen LogP contribution in [0.2, 0.25) is 0 Å². The molecule has 2 rings (SSSR count). The number of carbonyl (C=O) groups is 1. The average molecular weight is 348 g/mol. The Morgan fingerprint density at radius 3 is 2.62 bits per heavy atom. The molecule has 128 valence electrons. The number of carbonyl (C=O) groups excluding carboxylic acids is 1. The molecule has 1 amide bonds. The first-order valence-corrected chi connectivity index (χ1v) is 8.40. The Morgan fingerprint density at radius 2 is 2.08 bits per heavy atom. The van der Waals surface area contributed by atoms with E-state index in [1.165, 1.54) is 23.9 Å². The fourth-order valence-electron chi connectivity index (χ4n) is 2.19. The normalized spacial score (nSPS) is 12.2. The number of hydrogen-bond donors (Lipinski definition) is 1. The molecule has 7 nitrogen and oxygen atoms in total. The topological polar surface area (TPSA) is 90.1 Å². The van der Waals surface area contributed by atoms with Gasteiger partial charge in [0.1, 0.15) is 0 Å². The van der Waals surface area contributed by atoms with Gasteiger partial charge in [0.2, 0.25) is 0 Å². The van der Waals surface area contributed by atoms with Crippen LogP contribution in [0.15, 0.2) is 35.5 Å². The first-order chi connectivity index (χ1) is 11.3. The summed E-state index contributed by atoms with van der Waals surface area (Å²) < 4.78 is 1.66. The largest absolute Gasteiger partial charge is 0.345 e. The number of nitrogens with zero attached hydrogens (tertiary/aromatic N) is 3. The molecule has 0 unspecified atom stereocenters. The number of non-ortho nitro benzene ring substituents is 1. The molecule has 1 atom stereocenters. The lowest BCUT2D eigenvalue weighted by Gasteiger charge is -2.15. The number of aromatic nitrogens is 2. The molecule has 0 radical (unpaired) electrons. The molecule has 24 heavy (non-hydrogen) atoms. The molecule has 1 aromatic heterocycles. The molecule has 1 heterocycles. The van der Waals surface area contributed by atoms with Crippen LogP contribution < -0.4 is 5.32 Å². The summed E-state index contributed by atoms with van der Waals surface area (Å²) in [5.41, 5.74) is 1.09. The third-order valence-corrected chi connectivity index (χ3v) is 4.44. The quantitative estimate of drug-likeness (QED) is 0.491. The zero-order chi connectivity index (χ0) is 17.9. The van der Waals surface area contributed by atoms with Gasteiger partial charge in [0, 0.05) is 41.1 Å². The lowest BCUT2D eigenvalue weighted by molar-refractivity contribution is -0.384. The average Bonchev–Trinajstić information content (AvgIpc) is 2.93. The fraction of sp³-hybridized carbons (Fsp3) is 0.375. The molecular weight excluding hydrogens is 328 g/mol. The highest BCUT2D eigenvalue weighted by atomic mass is 32.2. The number of aryl methyl sites for hydroxylation is 1. The van der Waals surface area contributed by atoms with Crippen molar-refractivity contribution in [3.05, 3.63) is 51.8 Å². The molecule has 0 aliphatic rings. The van der Waals surface area contributed by atoms with Crippen LogP contribution in [0.1, 0.15) is 42.7 Å². The summed E-state index contributed by atoms with van der Waals surface area (Å²) in [6, 6.07) is 4.14. The van der Waals surface area contributed by atoms with Crippen LogP contribution in [-0.2, 0) is 7.05 Å². The van der Waals surface area contributed by atoms with Gasteiger partial charge in [-0.15, -0.1) is 11.8 Å². The summed E-state index contributed by atoms with van der Waals surface area (Å²) in [6.07, 6.45) is 3.50. The Balaban J connectivity index is 2.28. The van der Waals surface area contributed by atoms with E-state index in [1.807, 2.05) is 27.0 Å². The van der Waals surface area contributed by atoms with Gasteiger partial charge in [0.05, 0.1) is 22.7 Å². The third-order valence-electron chi connectivity index (χ3n) is 3.35. The second kappa shape index (κ2) is 7.48. The van der Waals surface area contributed by atoms with Gasteiger partial charge < -0.3 is 5.32 Å². The fourth-order valence-corrected chi connectivity index (χ4v) is 3.12. The Labute approximate surface area is 144 Å². The second-order valence-electron chi connectivity index (χ2n) is 5.75. The summed E-state index contributed by atoms with van der Waals surface area (Å²) in [6.45, 7) is 5.86. The standard InChI is InChI=1S/C16H20N4O3S/c1-10(2)24-15-6-5-13(20(22)23)7-14(15)16(21)18-11(3)12-8-17-19(4)9-12/h5-11H,1-4H3,(H,18,21)/t11-/m1/s1. The minimum absolute atomic E-state index is 0.0951. The predicted octanol–water partition coefficient (Wildman–Crippen LogP) is 3.32.